The Morgan fingerprint density at radius 1 is 1.10 bits per heavy atom. The van der Waals surface area contributed by atoms with Gasteiger partial charge in [-0.1, -0.05) is 43.3 Å². The fraction of sp³-hybridized carbons (Fsp3) is 0.250. The van der Waals surface area contributed by atoms with E-state index >= 15 is 0 Å². The second-order valence-corrected chi connectivity index (χ2v) is 6.76. The molecule has 4 nitrogen and oxygen atoms in total. The molecule has 0 aliphatic rings. The standard InChI is InChI=1S/C16H19NO3S/c1-13(14-6-3-2-4-7-14)10-11-17-21(19,20)16-9-5-8-15(18)12-16/h2-9,12-13,17-18H,10-11H2,1H3. The Morgan fingerprint density at radius 3 is 2.48 bits per heavy atom. The Labute approximate surface area is 125 Å². The zero-order valence-electron chi connectivity index (χ0n) is 11.9. The van der Waals surface area contributed by atoms with Crippen LogP contribution in [0, 0.1) is 0 Å². The molecule has 2 aromatic carbocycles. The van der Waals surface area contributed by atoms with Crippen molar-refractivity contribution in [2.75, 3.05) is 6.54 Å². The van der Waals surface area contributed by atoms with Crippen LogP contribution < -0.4 is 4.72 Å². The van der Waals surface area contributed by atoms with Crippen LogP contribution in [0.15, 0.2) is 59.5 Å². The summed E-state index contributed by atoms with van der Waals surface area (Å²) >= 11 is 0. The van der Waals surface area contributed by atoms with Crippen molar-refractivity contribution in [1.29, 1.82) is 0 Å². The molecule has 0 spiro atoms. The molecule has 1 unspecified atom stereocenters. The number of sulfonamides is 1. The predicted molar refractivity (Wildman–Crippen MR) is 82.8 cm³/mol. The maximum Gasteiger partial charge on any atom is 0.240 e. The number of phenolic OH excluding ortho intramolecular Hbond substituents is 1. The van der Waals surface area contributed by atoms with Crippen LogP contribution in [0.2, 0.25) is 0 Å². The third kappa shape index (κ3) is 4.31. The number of hydrogen-bond acceptors (Lipinski definition) is 3. The van der Waals surface area contributed by atoms with Crippen molar-refractivity contribution in [1.82, 2.24) is 4.72 Å². The van der Waals surface area contributed by atoms with Crippen molar-refractivity contribution < 1.29 is 13.5 Å². The van der Waals surface area contributed by atoms with E-state index in [1.165, 1.54) is 29.8 Å². The molecular weight excluding hydrogens is 286 g/mol. The van der Waals surface area contributed by atoms with Gasteiger partial charge in [-0.25, -0.2) is 13.1 Å². The molecule has 112 valence electrons. The number of phenols is 1. The molecule has 21 heavy (non-hydrogen) atoms. The van der Waals surface area contributed by atoms with E-state index in [1.54, 1.807) is 0 Å². The predicted octanol–water partition coefficient (Wildman–Crippen LogP) is 2.86. The van der Waals surface area contributed by atoms with E-state index in [1.807, 2.05) is 30.3 Å². The summed E-state index contributed by atoms with van der Waals surface area (Å²) in [7, 11) is -3.57. The van der Waals surface area contributed by atoms with Gasteiger partial charge in [-0.2, -0.15) is 0 Å². The monoisotopic (exact) mass is 305 g/mol. The summed E-state index contributed by atoms with van der Waals surface area (Å²) in [5.74, 6) is 0.216. The highest BCUT2D eigenvalue weighted by molar-refractivity contribution is 7.89. The van der Waals surface area contributed by atoms with Crippen LogP contribution in [0.25, 0.3) is 0 Å². The van der Waals surface area contributed by atoms with Crippen LogP contribution in [-0.2, 0) is 10.0 Å². The highest BCUT2D eigenvalue weighted by Crippen LogP contribution is 2.19. The number of aromatic hydroxyl groups is 1. The SMILES string of the molecule is CC(CCNS(=O)(=O)c1cccc(O)c1)c1ccccc1. The van der Waals surface area contributed by atoms with E-state index in [0.29, 0.717) is 13.0 Å². The van der Waals surface area contributed by atoms with Gasteiger partial charge in [0.1, 0.15) is 5.75 Å². The van der Waals surface area contributed by atoms with E-state index in [4.69, 9.17) is 0 Å². The number of nitrogens with one attached hydrogen (secondary N) is 1. The van der Waals surface area contributed by atoms with Gasteiger partial charge in [0.15, 0.2) is 0 Å². The van der Waals surface area contributed by atoms with Crippen LogP contribution in [0.5, 0.6) is 5.75 Å². The van der Waals surface area contributed by atoms with Gasteiger partial charge in [-0.3, -0.25) is 0 Å². The first-order valence-corrected chi connectivity index (χ1v) is 8.31. The van der Waals surface area contributed by atoms with Gasteiger partial charge in [0.05, 0.1) is 4.90 Å². The minimum absolute atomic E-state index is 0.0597. The topological polar surface area (TPSA) is 66.4 Å². The van der Waals surface area contributed by atoms with Crippen molar-refractivity contribution in [2.24, 2.45) is 0 Å². The molecule has 0 aliphatic carbocycles. The first-order chi connectivity index (χ1) is 9.99. The van der Waals surface area contributed by atoms with Crippen molar-refractivity contribution in [3.05, 3.63) is 60.2 Å². The largest absolute Gasteiger partial charge is 0.508 e. The molecule has 0 saturated carbocycles. The number of hydrogen-bond donors (Lipinski definition) is 2. The minimum atomic E-state index is -3.57. The van der Waals surface area contributed by atoms with E-state index in [0.717, 1.165) is 0 Å². The lowest BCUT2D eigenvalue weighted by Gasteiger charge is -2.12. The normalized spacial score (nSPS) is 13.0. The van der Waals surface area contributed by atoms with E-state index in [-0.39, 0.29) is 16.6 Å². The number of benzene rings is 2. The summed E-state index contributed by atoms with van der Waals surface area (Å²) in [4.78, 5) is 0.0786. The fourth-order valence-electron chi connectivity index (χ4n) is 2.09. The molecule has 1 atom stereocenters. The maximum atomic E-state index is 12.1. The molecule has 0 aromatic heterocycles. The van der Waals surface area contributed by atoms with Gasteiger partial charge in [0.25, 0.3) is 0 Å². The fourth-order valence-corrected chi connectivity index (χ4v) is 3.18. The van der Waals surface area contributed by atoms with E-state index in [2.05, 4.69) is 11.6 Å². The summed E-state index contributed by atoms with van der Waals surface area (Å²) in [6.07, 6.45) is 0.710. The first kappa shape index (κ1) is 15.5. The smallest absolute Gasteiger partial charge is 0.240 e. The molecule has 2 N–H and O–H groups in total. The second-order valence-electron chi connectivity index (χ2n) is 5.00. The van der Waals surface area contributed by atoms with Crippen LogP contribution in [0.1, 0.15) is 24.8 Å². The lowest BCUT2D eigenvalue weighted by atomic mass is 9.98. The Bertz CT molecular complexity index is 684. The van der Waals surface area contributed by atoms with Crippen LogP contribution >= 0.6 is 0 Å². The van der Waals surface area contributed by atoms with Crippen molar-refractivity contribution in [2.45, 2.75) is 24.2 Å². The Kier molecular flexibility index (Phi) is 4.98. The van der Waals surface area contributed by atoms with Crippen molar-refractivity contribution in [3.63, 3.8) is 0 Å². The lowest BCUT2D eigenvalue weighted by molar-refractivity contribution is 0.473. The van der Waals surface area contributed by atoms with E-state index < -0.39 is 10.0 Å². The Balaban J connectivity index is 1.94. The lowest BCUT2D eigenvalue weighted by Crippen LogP contribution is -2.25. The van der Waals surface area contributed by atoms with Gasteiger partial charge in [0.2, 0.25) is 10.0 Å². The van der Waals surface area contributed by atoms with Gasteiger partial charge in [0, 0.05) is 6.54 Å². The first-order valence-electron chi connectivity index (χ1n) is 6.83. The molecule has 0 saturated heterocycles. The van der Waals surface area contributed by atoms with Crippen LogP contribution in [0.4, 0.5) is 0 Å². The quantitative estimate of drug-likeness (QED) is 0.862. The van der Waals surface area contributed by atoms with Crippen LogP contribution in [-0.4, -0.2) is 20.1 Å². The zero-order chi connectivity index (χ0) is 15.3. The van der Waals surface area contributed by atoms with Gasteiger partial charge in [-0.15, -0.1) is 0 Å². The van der Waals surface area contributed by atoms with Gasteiger partial charge < -0.3 is 5.11 Å². The third-order valence-corrected chi connectivity index (χ3v) is 4.82. The number of rotatable bonds is 6. The molecule has 0 amide bonds. The van der Waals surface area contributed by atoms with Crippen LogP contribution in [0.3, 0.4) is 0 Å². The molecule has 0 bridgehead atoms. The molecular formula is C16H19NO3S. The molecule has 0 radical (unpaired) electrons. The summed E-state index contributed by atoms with van der Waals surface area (Å²) in [5, 5.41) is 9.35. The Morgan fingerprint density at radius 2 is 1.81 bits per heavy atom. The summed E-state index contributed by atoms with van der Waals surface area (Å²) in [5.41, 5.74) is 1.19. The molecule has 2 rings (SSSR count). The zero-order valence-corrected chi connectivity index (χ0v) is 12.7. The minimum Gasteiger partial charge on any atom is -0.508 e. The van der Waals surface area contributed by atoms with Gasteiger partial charge >= 0.3 is 0 Å². The maximum absolute atomic E-state index is 12.1. The van der Waals surface area contributed by atoms with Crippen molar-refractivity contribution >= 4 is 10.0 Å². The molecule has 5 heteroatoms. The molecule has 0 heterocycles. The van der Waals surface area contributed by atoms with E-state index in [9.17, 15) is 13.5 Å². The average molecular weight is 305 g/mol. The second kappa shape index (κ2) is 6.74. The Hall–Kier alpha value is -1.85. The van der Waals surface area contributed by atoms with Crippen molar-refractivity contribution in [3.8, 4) is 5.75 Å². The highest BCUT2D eigenvalue weighted by atomic mass is 32.2. The van der Waals surface area contributed by atoms with Gasteiger partial charge in [-0.05, 0) is 36.1 Å². The summed E-state index contributed by atoms with van der Waals surface area (Å²) in [6.45, 7) is 2.42. The average Bonchev–Trinajstić information content (AvgIpc) is 2.48. The molecule has 0 fully saturated rings. The highest BCUT2D eigenvalue weighted by Gasteiger charge is 2.14. The third-order valence-electron chi connectivity index (χ3n) is 3.37. The summed E-state index contributed by atoms with van der Waals surface area (Å²) in [6, 6.07) is 15.6. The molecule has 2 aromatic rings. The molecule has 0 aliphatic heterocycles. The summed E-state index contributed by atoms with van der Waals surface area (Å²) < 4.78 is 26.7.